The maximum Gasteiger partial charge on any atom is 0.165 e. The monoisotopic (exact) mass is 301 g/mol. The number of hydrogen-bond donors (Lipinski definition) is 1. The molecule has 0 saturated heterocycles. The molecule has 0 atom stereocenters. The molecule has 0 aliphatic rings. The van der Waals surface area contributed by atoms with E-state index in [0.29, 0.717) is 12.4 Å². The molecule has 0 saturated carbocycles. The van der Waals surface area contributed by atoms with E-state index in [1.165, 1.54) is 21.0 Å². The highest BCUT2D eigenvalue weighted by Gasteiger charge is 2.12. The topological polar surface area (TPSA) is 21.3 Å². The second-order valence-corrected chi connectivity index (χ2v) is 5.89. The second-order valence-electron chi connectivity index (χ2n) is 4.75. The van der Waals surface area contributed by atoms with E-state index in [0.717, 1.165) is 12.1 Å². The number of para-hydroxylation sites is 1. The molecule has 0 aliphatic carbocycles. The Balaban J connectivity index is 1.92. The van der Waals surface area contributed by atoms with Gasteiger partial charge in [0.25, 0.3) is 0 Å². The van der Waals surface area contributed by atoms with Crippen molar-refractivity contribution < 1.29 is 9.13 Å². The first-order chi connectivity index (χ1) is 10.3. The summed E-state index contributed by atoms with van der Waals surface area (Å²) < 4.78 is 20.6. The number of thiophene rings is 1. The number of rotatable bonds is 5. The molecular formula is C17H16FNOS. The maximum absolute atomic E-state index is 13.6. The molecule has 21 heavy (non-hydrogen) atoms. The normalized spacial score (nSPS) is 11.0. The van der Waals surface area contributed by atoms with Crippen LogP contribution in [0.1, 0.15) is 10.4 Å². The van der Waals surface area contributed by atoms with Crippen LogP contribution in [0.15, 0.2) is 48.5 Å². The molecule has 2 nitrogen and oxygen atoms in total. The molecule has 0 radical (unpaired) electrons. The summed E-state index contributed by atoms with van der Waals surface area (Å²) >= 11 is 1.75. The molecule has 1 heterocycles. The van der Waals surface area contributed by atoms with Crippen LogP contribution in [0.3, 0.4) is 0 Å². The lowest BCUT2D eigenvalue weighted by atomic mass is 10.1. The quantitative estimate of drug-likeness (QED) is 0.757. The average molecular weight is 301 g/mol. The van der Waals surface area contributed by atoms with Crippen LogP contribution in [0.4, 0.5) is 4.39 Å². The third-order valence-electron chi connectivity index (χ3n) is 3.33. The Morgan fingerprint density at radius 2 is 1.86 bits per heavy atom. The van der Waals surface area contributed by atoms with Crippen molar-refractivity contribution in [3.05, 3.63) is 64.8 Å². The molecule has 1 aromatic heterocycles. The van der Waals surface area contributed by atoms with E-state index >= 15 is 0 Å². The van der Waals surface area contributed by atoms with Crippen molar-refractivity contribution >= 4 is 21.4 Å². The summed E-state index contributed by atoms with van der Waals surface area (Å²) in [7, 11) is 1.92. The maximum atomic E-state index is 13.6. The summed E-state index contributed by atoms with van der Waals surface area (Å²) in [6, 6.07) is 14.7. The Morgan fingerprint density at radius 3 is 2.67 bits per heavy atom. The van der Waals surface area contributed by atoms with Crippen molar-refractivity contribution in [3.8, 4) is 5.75 Å². The lowest BCUT2D eigenvalue weighted by Crippen LogP contribution is -2.07. The van der Waals surface area contributed by atoms with E-state index < -0.39 is 0 Å². The van der Waals surface area contributed by atoms with Crippen LogP contribution in [-0.4, -0.2) is 7.05 Å². The van der Waals surface area contributed by atoms with Gasteiger partial charge >= 0.3 is 0 Å². The molecule has 0 bridgehead atoms. The largest absolute Gasteiger partial charge is 0.486 e. The van der Waals surface area contributed by atoms with Gasteiger partial charge in [0.05, 0.1) is 0 Å². The Labute approximate surface area is 127 Å². The standard InChI is InChI=1S/C17H16FNOS/c1-19-10-17-13(12-6-2-5-9-16(12)21-17)11-20-15-8-4-3-7-14(15)18/h2-9,19H,10-11H2,1H3. The van der Waals surface area contributed by atoms with Crippen LogP contribution in [0.5, 0.6) is 5.75 Å². The van der Waals surface area contributed by atoms with Crippen LogP contribution < -0.4 is 10.1 Å². The smallest absolute Gasteiger partial charge is 0.165 e. The van der Waals surface area contributed by atoms with Crippen molar-refractivity contribution in [1.82, 2.24) is 5.32 Å². The van der Waals surface area contributed by atoms with Crippen molar-refractivity contribution in [2.24, 2.45) is 0 Å². The summed E-state index contributed by atoms with van der Waals surface area (Å²) in [6.45, 7) is 1.16. The van der Waals surface area contributed by atoms with Gasteiger partial charge in [-0.3, -0.25) is 0 Å². The summed E-state index contributed by atoms with van der Waals surface area (Å²) in [4.78, 5) is 1.23. The van der Waals surface area contributed by atoms with E-state index in [4.69, 9.17) is 4.74 Å². The molecule has 0 aliphatic heterocycles. The first-order valence-electron chi connectivity index (χ1n) is 6.81. The molecule has 4 heteroatoms. The van der Waals surface area contributed by atoms with Gasteiger partial charge in [-0.05, 0) is 30.6 Å². The highest BCUT2D eigenvalue weighted by molar-refractivity contribution is 7.19. The van der Waals surface area contributed by atoms with Crippen molar-refractivity contribution in [2.75, 3.05) is 7.05 Å². The van der Waals surface area contributed by atoms with Gasteiger partial charge in [-0.25, -0.2) is 4.39 Å². The minimum Gasteiger partial charge on any atom is -0.486 e. The van der Waals surface area contributed by atoms with Gasteiger partial charge in [0.1, 0.15) is 6.61 Å². The predicted octanol–water partition coefficient (Wildman–Crippen LogP) is 4.34. The van der Waals surface area contributed by atoms with Crippen molar-refractivity contribution in [1.29, 1.82) is 0 Å². The SMILES string of the molecule is CNCc1sc2ccccc2c1COc1ccccc1F. The van der Waals surface area contributed by atoms with Gasteiger partial charge in [-0.1, -0.05) is 30.3 Å². The lowest BCUT2D eigenvalue weighted by Gasteiger charge is -2.08. The van der Waals surface area contributed by atoms with Gasteiger partial charge in [-0.15, -0.1) is 11.3 Å². The van der Waals surface area contributed by atoms with E-state index in [2.05, 4.69) is 17.4 Å². The van der Waals surface area contributed by atoms with Crippen molar-refractivity contribution in [2.45, 2.75) is 13.2 Å². The molecule has 0 amide bonds. The summed E-state index contributed by atoms with van der Waals surface area (Å²) in [5.41, 5.74) is 1.13. The van der Waals surface area contributed by atoms with Gasteiger partial charge in [0, 0.05) is 21.7 Å². The van der Waals surface area contributed by atoms with Crippen LogP contribution >= 0.6 is 11.3 Å². The molecule has 0 spiro atoms. The van der Waals surface area contributed by atoms with E-state index in [1.54, 1.807) is 29.5 Å². The fourth-order valence-corrected chi connectivity index (χ4v) is 3.54. The number of hydrogen-bond acceptors (Lipinski definition) is 3. The molecule has 1 N–H and O–H groups in total. The molecular weight excluding hydrogens is 285 g/mol. The number of ether oxygens (including phenoxy) is 1. The third-order valence-corrected chi connectivity index (χ3v) is 4.54. The van der Waals surface area contributed by atoms with Crippen LogP contribution in [-0.2, 0) is 13.2 Å². The van der Waals surface area contributed by atoms with E-state index in [-0.39, 0.29) is 5.82 Å². The fraction of sp³-hybridized carbons (Fsp3) is 0.176. The molecule has 3 rings (SSSR count). The molecule has 108 valence electrons. The van der Waals surface area contributed by atoms with E-state index in [9.17, 15) is 4.39 Å². The van der Waals surface area contributed by atoms with Gasteiger partial charge in [0.15, 0.2) is 11.6 Å². The Bertz CT molecular complexity index is 753. The zero-order valence-electron chi connectivity index (χ0n) is 11.7. The second kappa shape index (κ2) is 6.24. The minimum atomic E-state index is -0.327. The number of halogens is 1. The zero-order chi connectivity index (χ0) is 14.7. The molecule has 0 unspecified atom stereocenters. The Kier molecular flexibility index (Phi) is 4.18. The Hall–Kier alpha value is -1.91. The molecule has 0 fully saturated rings. The minimum absolute atomic E-state index is 0.295. The first-order valence-corrected chi connectivity index (χ1v) is 7.62. The fourth-order valence-electron chi connectivity index (χ4n) is 2.32. The predicted molar refractivity (Wildman–Crippen MR) is 85.3 cm³/mol. The highest BCUT2D eigenvalue weighted by Crippen LogP contribution is 2.32. The summed E-state index contributed by atoms with van der Waals surface area (Å²) in [5, 5.41) is 4.36. The highest BCUT2D eigenvalue weighted by atomic mass is 32.1. The third kappa shape index (κ3) is 2.91. The summed E-state index contributed by atoms with van der Waals surface area (Å²) in [6.07, 6.45) is 0. The van der Waals surface area contributed by atoms with Gasteiger partial charge in [-0.2, -0.15) is 0 Å². The summed E-state index contributed by atoms with van der Waals surface area (Å²) in [5.74, 6) is -0.0320. The van der Waals surface area contributed by atoms with Crippen LogP contribution in [0, 0.1) is 5.82 Å². The number of fused-ring (bicyclic) bond motifs is 1. The lowest BCUT2D eigenvalue weighted by molar-refractivity contribution is 0.291. The molecule has 3 aromatic rings. The van der Waals surface area contributed by atoms with Gasteiger partial charge in [0.2, 0.25) is 0 Å². The average Bonchev–Trinajstić information content (AvgIpc) is 2.84. The first kappa shape index (κ1) is 14.0. The van der Waals surface area contributed by atoms with E-state index in [1.807, 2.05) is 19.2 Å². The van der Waals surface area contributed by atoms with Crippen molar-refractivity contribution in [3.63, 3.8) is 0 Å². The molecule has 2 aromatic carbocycles. The number of nitrogens with one attached hydrogen (secondary N) is 1. The Morgan fingerprint density at radius 1 is 1.10 bits per heavy atom. The van der Waals surface area contributed by atoms with Crippen LogP contribution in [0.25, 0.3) is 10.1 Å². The van der Waals surface area contributed by atoms with Gasteiger partial charge < -0.3 is 10.1 Å². The number of benzene rings is 2. The zero-order valence-corrected chi connectivity index (χ0v) is 12.5. The van der Waals surface area contributed by atoms with Crippen LogP contribution in [0.2, 0.25) is 0 Å².